The van der Waals surface area contributed by atoms with Crippen LogP contribution < -0.4 is 15.4 Å². The van der Waals surface area contributed by atoms with Gasteiger partial charge in [0.1, 0.15) is 5.75 Å². The Morgan fingerprint density at radius 3 is 2.56 bits per heavy atom. The number of fused-ring (bicyclic) bond motifs is 2. The highest BCUT2D eigenvalue weighted by molar-refractivity contribution is 6.04. The van der Waals surface area contributed by atoms with Crippen LogP contribution >= 0.6 is 0 Å². The number of nitrogens with one attached hydrogen (secondary N) is 2. The molecule has 0 aliphatic carbocycles. The van der Waals surface area contributed by atoms with Gasteiger partial charge in [-0.25, -0.2) is 0 Å². The summed E-state index contributed by atoms with van der Waals surface area (Å²) in [6.07, 6.45) is 1.55. The summed E-state index contributed by atoms with van der Waals surface area (Å²) in [7, 11) is 0. The van der Waals surface area contributed by atoms with Crippen molar-refractivity contribution in [1.29, 1.82) is 0 Å². The second-order valence-electron chi connectivity index (χ2n) is 6.46. The molecule has 4 rings (SSSR count). The first-order chi connectivity index (χ1) is 12.2. The van der Waals surface area contributed by atoms with Gasteiger partial charge in [-0.05, 0) is 55.3 Å². The van der Waals surface area contributed by atoms with Crippen LogP contribution in [0.4, 0.5) is 5.69 Å². The first-order valence-electron chi connectivity index (χ1n) is 8.76. The van der Waals surface area contributed by atoms with Crippen LogP contribution in [0.25, 0.3) is 0 Å². The van der Waals surface area contributed by atoms with E-state index >= 15 is 0 Å². The summed E-state index contributed by atoms with van der Waals surface area (Å²) in [4.78, 5) is 12.3. The van der Waals surface area contributed by atoms with E-state index in [1.54, 1.807) is 24.3 Å². The summed E-state index contributed by atoms with van der Waals surface area (Å²) < 4.78 is 11.4. The quantitative estimate of drug-likeness (QED) is 0.879. The van der Waals surface area contributed by atoms with Gasteiger partial charge >= 0.3 is 0 Å². The molecule has 2 aliphatic heterocycles. The zero-order valence-electron chi connectivity index (χ0n) is 14.2. The van der Waals surface area contributed by atoms with E-state index in [9.17, 15) is 4.79 Å². The highest BCUT2D eigenvalue weighted by atomic mass is 16.5. The van der Waals surface area contributed by atoms with Crippen molar-refractivity contribution in [3.8, 4) is 5.75 Å². The summed E-state index contributed by atoms with van der Waals surface area (Å²) in [5.41, 5.74) is 2.53. The third kappa shape index (κ3) is 3.38. The van der Waals surface area contributed by atoms with Crippen molar-refractivity contribution in [3.63, 3.8) is 0 Å². The van der Waals surface area contributed by atoms with Crippen LogP contribution in [0.15, 0.2) is 48.5 Å². The van der Waals surface area contributed by atoms with Gasteiger partial charge in [0, 0.05) is 23.8 Å². The maximum Gasteiger partial charge on any atom is 0.255 e. The molecule has 2 bridgehead atoms. The predicted molar refractivity (Wildman–Crippen MR) is 96.0 cm³/mol. The van der Waals surface area contributed by atoms with Crippen LogP contribution in [-0.2, 0) is 4.74 Å². The molecule has 3 atom stereocenters. The van der Waals surface area contributed by atoms with E-state index in [4.69, 9.17) is 9.47 Å². The lowest BCUT2D eigenvalue weighted by Gasteiger charge is -2.23. The number of carbonyl (C=O) groups is 1. The average Bonchev–Trinajstić information content (AvgIpc) is 3.27. The lowest BCUT2D eigenvalue weighted by atomic mass is 10.0. The minimum absolute atomic E-state index is 0.120. The Kier molecular flexibility index (Phi) is 4.42. The number of carbonyl (C=O) groups excluding carboxylic acids is 1. The molecule has 2 aromatic rings. The number of rotatable bonds is 5. The highest BCUT2D eigenvalue weighted by Crippen LogP contribution is 2.37. The van der Waals surface area contributed by atoms with Crippen LogP contribution in [0, 0.1) is 0 Å². The van der Waals surface area contributed by atoms with Crippen molar-refractivity contribution in [1.82, 2.24) is 5.32 Å². The monoisotopic (exact) mass is 338 g/mol. The van der Waals surface area contributed by atoms with Gasteiger partial charge in [0.15, 0.2) is 0 Å². The number of ether oxygens (including phenoxy) is 2. The van der Waals surface area contributed by atoms with E-state index in [-0.39, 0.29) is 12.0 Å². The number of benzene rings is 2. The van der Waals surface area contributed by atoms with Crippen LogP contribution in [-0.4, -0.2) is 31.2 Å². The molecule has 2 saturated heterocycles. The predicted octanol–water partition coefficient (Wildman–Crippen LogP) is 3.14. The SMILES string of the molecule is CCOc1ccc(C(=O)Nc2ccc([C@@H]3O[C@H]4CN[C@@H]3C4)cc2)cc1. The van der Waals surface area contributed by atoms with E-state index < -0.39 is 0 Å². The Labute approximate surface area is 147 Å². The molecule has 2 aliphatic rings. The van der Waals surface area contributed by atoms with Gasteiger partial charge in [0.2, 0.25) is 0 Å². The Bertz CT molecular complexity index is 743. The zero-order valence-corrected chi connectivity index (χ0v) is 14.2. The van der Waals surface area contributed by atoms with Crippen LogP contribution in [0.1, 0.15) is 35.4 Å². The van der Waals surface area contributed by atoms with Gasteiger partial charge in [-0.1, -0.05) is 12.1 Å². The Morgan fingerprint density at radius 1 is 1.20 bits per heavy atom. The fourth-order valence-electron chi connectivity index (χ4n) is 3.51. The van der Waals surface area contributed by atoms with E-state index in [0.717, 1.165) is 30.0 Å². The summed E-state index contributed by atoms with van der Waals surface area (Å²) in [5.74, 6) is 0.636. The van der Waals surface area contributed by atoms with Gasteiger partial charge in [-0.15, -0.1) is 0 Å². The van der Waals surface area contributed by atoms with Crippen molar-refractivity contribution >= 4 is 11.6 Å². The Balaban J connectivity index is 1.39. The molecule has 0 radical (unpaired) electrons. The van der Waals surface area contributed by atoms with Crippen molar-refractivity contribution in [2.24, 2.45) is 0 Å². The molecule has 2 fully saturated rings. The molecule has 0 unspecified atom stereocenters. The average molecular weight is 338 g/mol. The van der Waals surface area contributed by atoms with Gasteiger partial charge in [0.05, 0.1) is 18.8 Å². The minimum atomic E-state index is -0.131. The molecule has 130 valence electrons. The highest BCUT2D eigenvalue weighted by Gasteiger charge is 2.41. The summed E-state index contributed by atoms with van der Waals surface area (Å²) in [6, 6.07) is 15.5. The molecular weight excluding hydrogens is 316 g/mol. The van der Waals surface area contributed by atoms with Crippen molar-refractivity contribution in [2.75, 3.05) is 18.5 Å². The molecular formula is C20H22N2O3. The first-order valence-corrected chi connectivity index (χ1v) is 8.76. The van der Waals surface area contributed by atoms with E-state index in [2.05, 4.69) is 10.6 Å². The second-order valence-corrected chi connectivity index (χ2v) is 6.46. The molecule has 5 nitrogen and oxygen atoms in total. The summed E-state index contributed by atoms with van der Waals surface area (Å²) >= 11 is 0. The lowest BCUT2D eigenvalue weighted by molar-refractivity contribution is 0.0160. The van der Waals surface area contributed by atoms with Gasteiger partial charge in [0.25, 0.3) is 5.91 Å². The topological polar surface area (TPSA) is 59.6 Å². The smallest absolute Gasteiger partial charge is 0.255 e. The molecule has 0 aromatic heterocycles. The van der Waals surface area contributed by atoms with Crippen molar-refractivity contribution < 1.29 is 14.3 Å². The van der Waals surface area contributed by atoms with Gasteiger partial charge in [-0.3, -0.25) is 4.79 Å². The molecule has 1 amide bonds. The Hall–Kier alpha value is -2.37. The largest absolute Gasteiger partial charge is 0.494 e. The number of morpholine rings is 1. The fraction of sp³-hybridized carbons (Fsp3) is 0.350. The number of amides is 1. The van der Waals surface area contributed by atoms with Crippen LogP contribution in [0.2, 0.25) is 0 Å². The summed E-state index contributed by atoms with van der Waals surface area (Å²) in [6.45, 7) is 3.50. The van der Waals surface area contributed by atoms with Gasteiger partial charge in [-0.2, -0.15) is 0 Å². The van der Waals surface area contributed by atoms with Crippen LogP contribution in [0.5, 0.6) is 5.75 Å². The maximum atomic E-state index is 12.3. The number of anilines is 1. The molecule has 2 heterocycles. The molecule has 2 aromatic carbocycles. The molecule has 0 spiro atoms. The second kappa shape index (κ2) is 6.86. The fourth-order valence-corrected chi connectivity index (χ4v) is 3.51. The molecule has 25 heavy (non-hydrogen) atoms. The third-order valence-corrected chi connectivity index (χ3v) is 4.75. The lowest BCUT2D eigenvalue weighted by Crippen LogP contribution is -2.33. The van der Waals surface area contributed by atoms with E-state index in [1.165, 1.54) is 0 Å². The van der Waals surface area contributed by atoms with Crippen molar-refractivity contribution in [2.45, 2.75) is 31.6 Å². The molecule has 0 saturated carbocycles. The minimum Gasteiger partial charge on any atom is -0.494 e. The number of hydrogen-bond acceptors (Lipinski definition) is 4. The Morgan fingerprint density at radius 2 is 1.96 bits per heavy atom. The summed E-state index contributed by atoms with van der Waals surface area (Å²) in [5, 5.41) is 6.41. The zero-order chi connectivity index (χ0) is 17.2. The normalized spacial score (nSPS) is 24.3. The van der Waals surface area contributed by atoms with Gasteiger partial charge < -0.3 is 20.1 Å². The third-order valence-electron chi connectivity index (χ3n) is 4.75. The van der Waals surface area contributed by atoms with Crippen molar-refractivity contribution in [3.05, 3.63) is 59.7 Å². The van der Waals surface area contributed by atoms with E-state index in [1.807, 2.05) is 31.2 Å². The standard InChI is InChI=1S/C20H22N2O3/c1-2-24-16-9-5-14(6-10-16)20(23)22-15-7-3-13(4-8-15)19-18-11-17(25-19)12-21-18/h3-10,17-19,21H,2,11-12H2,1H3,(H,22,23)/t17-,18-,19+/m1/s1. The van der Waals surface area contributed by atoms with E-state index in [0.29, 0.717) is 24.3 Å². The first kappa shape index (κ1) is 16.1. The molecule has 5 heteroatoms. The van der Waals surface area contributed by atoms with Crippen LogP contribution in [0.3, 0.4) is 0 Å². The maximum absolute atomic E-state index is 12.3. The molecule has 2 N–H and O–H groups in total. The number of hydrogen-bond donors (Lipinski definition) is 2.